The molecule has 1 amide bonds. The number of nitrogens with one attached hydrogen (secondary N) is 1. The van der Waals surface area contributed by atoms with Gasteiger partial charge in [-0.25, -0.2) is 0 Å². The van der Waals surface area contributed by atoms with Crippen LogP contribution in [0.25, 0.3) is 10.9 Å². The fraction of sp³-hybridized carbons (Fsp3) is 0.400. The Hall–Kier alpha value is -1.77. The van der Waals surface area contributed by atoms with Crippen LogP contribution in [-0.2, 0) is 18.3 Å². The molecule has 94 valence electrons. The first-order valence-electron chi connectivity index (χ1n) is 6.52. The zero-order valence-electron chi connectivity index (χ0n) is 10.9. The standard InChI is InChI=1S/C15H18N2O/c1-10(18)16-12-7-5-9-14-15(12)11-6-3-4-8-13(11)17(14)2/h3-4,6,8,12H,5,7,9H2,1-2H3,(H,16,18). The van der Waals surface area contributed by atoms with E-state index >= 15 is 0 Å². The van der Waals surface area contributed by atoms with Crippen molar-refractivity contribution in [3.8, 4) is 0 Å². The maximum absolute atomic E-state index is 11.3. The lowest BCUT2D eigenvalue weighted by Crippen LogP contribution is -2.29. The largest absolute Gasteiger partial charge is 0.349 e. The van der Waals surface area contributed by atoms with E-state index in [2.05, 4.69) is 41.2 Å². The van der Waals surface area contributed by atoms with E-state index < -0.39 is 0 Å². The first-order valence-corrected chi connectivity index (χ1v) is 6.52. The van der Waals surface area contributed by atoms with Gasteiger partial charge >= 0.3 is 0 Å². The van der Waals surface area contributed by atoms with Crippen LogP contribution < -0.4 is 5.32 Å². The summed E-state index contributed by atoms with van der Waals surface area (Å²) in [4.78, 5) is 11.3. The Bertz CT molecular complexity index is 612. The predicted octanol–water partition coefficient (Wildman–Crippen LogP) is 2.69. The number of benzene rings is 1. The summed E-state index contributed by atoms with van der Waals surface area (Å²) in [5.74, 6) is 0.0563. The molecule has 1 unspecified atom stereocenters. The highest BCUT2D eigenvalue weighted by Gasteiger charge is 2.26. The molecule has 1 aliphatic rings. The van der Waals surface area contributed by atoms with Gasteiger partial charge in [0.15, 0.2) is 0 Å². The summed E-state index contributed by atoms with van der Waals surface area (Å²) < 4.78 is 2.28. The molecule has 2 aromatic rings. The van der Waals surface area contributed by atoms with Gasteiger partial charge in [0.05, 0.1) is 6.04 Å². The first-order chi connectivity index (χ1) is 8.68. The molecule has 1 aliphatic carbocycles. The van der Waals surface area contributed by atoms with Gasteiger partial charge in [-0.1, -0.05) is 18.2 Å². The molecule has 0 aliphatic heterocycles. The Morgan fingerprint density at radius 1 is 1.39 bits per heavy atom. The molecule has 0 fully saturated rings. The van der Waals surface area contributed by atoms with Crippen LogP contribution in [0.3, 0.4) is 0 Å². The van der Waals surface area contributed by atoms with E-state index in [1.54, 1.807) is 6.92 Å². The second-order valence-corrected chi connectivity index (χ2v) is 5.08. The highest BCUT2D eigenvalue weighted by molar-refractivity contribution is 5.87. The Kier molecular flexibility index (Phi) is 2.62. The molecule has 3 rings (SSSR count). The van der Waals surface area contributed by atoms with Crippen LogP contribution in [0, 0.1) is 0 Å². The number of carbonyl (C=O) groups excluding carboxylic acids is 1. The Morgan fingerprint density at radius 3 is 2.94 bits per heavy atom. The summed E-state index contributed by atoms with van der Waals surface area (Å²) in [7, 11) is 2.12. The van der Waals surface area contributed by atoms with Crippen molar-refractivity contribution in [2.75, 3.05) is 0 Å². The molecule has 0 spiro atoms. The van der Waals surface area contributed by atoms with Gasteiger partial charge in [-0.15, -0.1) is 0 Å². The summed E-state index contributed by atoms with van der Waals surface area (Å²) in [5, 5.41) is 4.38. The molecule has 1 atom stereocenters. The van der Waals surface area contributed by atoms with E-state index in [4.69, 9.17) is 0 Å². The Labute approximate surface area is 107 Å². The van der Waals surface area contributed by atoms with E-state index in [-0.39, 0.29) is 11.9 Å². The fourth-order valence-electron chi connectivity index (χ4n) is 3.17. The lowest BCUT2D eigenvalue weighted by Gasteiger charge is -2.24. The SMILES string of the molecule is CC(=O)NC1CCCc2c1c1ccccc1n2C. The molecule has 0 saturated heterocycles. The lowest BCUT2D eigenvalue weighted by atomic mass is 9.90. The first kappa shape index (κ1) is 11.3. The van der Waals surface area contributed by atoms with Gasteiger partial charge in [-0.3, -0.25) is 4.79 Å². The second-order valence-electron chi connectivity index (χ2n) is 5.08. The normalized spacial score (nSPS) is 18.7. The van der Waals surface area contributed by atoms with Gasteiger partial charge in [0.25, 0.3) is 0 Å². The zero-order chi connectivity index (χ0) is 12.7. The molecule has 0 saturated carbocycles. The van der Waals surface area contributed by atoms with Crippen LogP contribution in [0.1, 0.15) is 37.1 Å². The van der Waals surface area contributed by atoms with E-state index in [9.17, 15) is 4.79 Å². The number of hydrogen-bond donors (Lipinski definition) is 1. The van der Waals surface area contributed by atoms with Gasteiger partial charge in [0.2, 0.25) is 5.91 Å². The predicted molar refractivity (Wildman–Crippen MR) is 72.4 cm³/mol. The van der Waals surface area contributed by atoms with Gasteiger partial charge in [0, 0.05) is 36.1 Å². The van der Waals surface area contributed by atoms with Crippen LogP contribution in [-0.4, -0.2) is 10.5 Å². The molecule has 18 heavy (non-hydrogen) atoms. The summed E-state index contributed by atoms with van der Waals surface area (Å²) in [6.45, 7) is 1.60. The zero-order valence-corrected chi connectivity index (χ0v) is 10.9. The average molecular weight is 242 g/mol. The quantitative estimate of drug-likeness (QED) is 0.819. The molecule has 1 aromatic heterocycles. The number of hydrogen-bond acceptors (Lipinski definition) is 1. The third kappa shape index (κ3) is 1.62. The van der Waals surface area contributed by atoms with Crippen LogP contribution in [0.4, 0.5) is 0 Å². The molecule has 3 heteroatoms. The Balaban J connectivity index is 2.21. The average Bonchev–Trinajstić information content (AvgIpc) is 2.65. The van der Waals surface area contributed by atoms with E-state index in [1.165, 1.54) is 22.2 Å². The van der Waals surface area contributed by atoms with Gasteiger partial charge < -0.3 is 9.88 Å². The monoisotopic (exact) mass is 242 g/mol. The molecule has 1 heterocycles. The highest BCUT2D eigenvalue weighted by Crippen LogP contribution is 2.37. The van der Waals surface area contributed by atoms with Crippen LogP contribution >= 0.6 is 0 Å². The fourth-order valence-corrected chi connectivity index (χ4v) is 3.17. The molecular formula is C15H18N2O. The number of para-hydroxylation sites is 1. The third-order valence-electron chi connectivity index (χ3n) is 3.90. The molecule has 0 bridgehead atoms. The van der Waals surface area contributed by atoms with Crippen molar-refractivity contribution in [2.45, 2.75) is 32.2 Å². The number of aryl methyl sites for hydroxylation is 1. The maximum Gasteiger partial charge on any atom is 0.217 e. The molecule has 0 radical (unpaired) electrons. The molecule has 1 aromatic carbocycles. The Morgan fingerprint density at radius 2 is 2.17 bits per heavy atom. The van der Waals surface area contributed by atoms with Crippen molar-refractivity contribution in [1.82, 2.24) is 9.88 Å². The second kappa shape index (κ2) is 4.16. The van der Waals surface area contributed by atoms with Crippen LogP contribution in [0.5, 0.6) is 0 Å². The number of carbonyl (C=O) groups is 1. The smallest absolute Gasteiger partial charge is 0.217 e. The number of rotatable bonds is 1. The molecule has 1 N–H and O–H groups in total. The minimum absolute atomic E-state index is 0.0563. The number of aromatic nitrogens is 1. The van der Waals surface area contributed by atoms with Gasteiger partial charge in [0.1, 0.15) is 0 Å². The van der Waals surface area contributed by atoms with Crippen molar-refractivity contribution in [3.63, 3.8) is 0 Å². The summed E-state index contributed by atoms with van der Waals surface area (Å²) in [6, 6.07) is 8.63. The summed E-state index contributed by atoms with van der Waals surface area (Å²) >= 11 is 0. The van der Waals surface area contributed by atoms with E-state index in [1.807, 2.05) is 0 Å². The van der Waals surface area contributed by atoms with Crippen molar-refractivity contribution >= 4 is 16.8 Å². The molecular weight excluding hydrogens is 224 g/mol. The van der Waals surface area contributed by atoms with Crippen LogP contribution in [0.2, 0.25) is 0 Å². The third-order valence-corrected chi connectivity index (χ3v) is 3.90. The number of nitrogens with zero attached hydrogens (tertiary/aromatic N) is 1. The van der Waals surface area contributed by atoms with Crippen molar-refractivity contribution < 1.29 is 4.79 Å². The van der Waals surface area contributed by atoms with Crippen molar-refractivity contribution in [3.05, 3.63) is 35.5 Å². The van der Waals surface area contributed by atoms with Crippen molar-refractivity contribution in [1.29, 1.82) is 0 Å². The van der Waals surface area contributed by atoms with E-state index in [0.717, 1.165) is 19.3 Å². The number of fused-ring (bicyclic) bond motifs is 3. The van der Waals surface area contributed by atoms with Gasteiger partial charge in [-0.2, -0.15) is 0 Å². The van der Waals surface area contributed by atoms with Crippen LogP contribution in [0.15, 0.2) is 24.3 Å². The summed E-state index contributed by atoms with van der Waals surface area (Å²) in [5.41, 5.74) is 3.97. The molecule has 3 nitrogen and oxygen atoms in total. The van der Waals surface area contributed by atoms with Gasteiger partial charge in [-0.05, 0) is 25.3 Å². The maximum atomic E-state index is 11.3. The topological polar surface area (TPSA) is 34.0 Å². The lowest BCUT2D eigenvalue weighted by molar-refractivity contribution is -0.119. The van der Waals surface area contributed by atoms with E-state index in [0.29, 0.717) is 0 Å². The minimum atomic E-state index is 0.0563. The van der Waals surface area contributed by atoms with Crippen molar-refractivity contribution in [2.24, 2.45) is 7.05 Å². The highest BCUT2D eigenvalue weighted by atomic mass is 16.1. The summed E-state index contributed by atoms with van der Waals surface area (Å²) in [6.07, 6.45) is 3.29. The number of amides is 1. The minimum Gasteiger partial charge on any atom is -0.349 e.